The number of halogens is 2. The molecule has 0 spiro atoms. The van der Waals surface area contributed by atoms with Crippen molar-refractivity contribution >= 4 is 40.1 Å². The third kappa shape index (κ3) is 4.95. The van der Waals surface area contributed by atoms with Crippen LogP contribution >= 0.6 is 11.6 Å². The second-order valence-corrected chi connectivity index (χ2v) is 10.1. The van der Waals surface area contributed by atoms with Gasteiger partial charge in [-0.25, -0.2) is 9.07 Å². The van der Waals surface area contributed by atoms with E-state index in [4.69, 9.17) is 22.1 Å². The summed E-state index contributed by atoms with van der Waals surface area (Å²) in [6.07, 6.45) is 4.93. The molecule has 11 heteroatoms. The van der Waals surface area contributed by atoms with Crippen LogP contribution in [0.3, 0.4) is 0 Å². The maximum absolute atomic E-state index is 14.5. The van der Waals surface area contributed by atoms with Gasteiger partial charge in [-0.05, 0) is 49.3 Å². The van der Waals surface area contributed by atoms with Gasteiger partial charge >= 0.3 is 0 Å². The number of carbonyl (C=O) groups excluding carboxylic acids is 2. The second-order valence-electron chi connectivity index (χ2n) is 9.72. The molecule has 0 radical (unpaired) electrons. The number of hydrogen-bond donors (Lipinski definition) is 2. The van der Waals surface area contributed by atoms with Crippen molar-refractivity contribution in [3.63, 3.8) is 0 Å². The Bertz CT molecular complexity index is 1550. The summed E-state index contributed by atoms with van der Waals surface area (Å²) in [5, 5.41) is 8.67. The van der Waals surface area contributed by atoms with Crippen LogP contribution < -0.4 is 11.1 Å². The Labute approximate surface area is 230 Å². The normalized spacial score (nSPS) is 18.6. The lowest BCUT2D eigenvalue weighted by molar-refractivity contribution is -0.127. The highest BCUT2D eigenvalue weighted by Gasteiger charge is 2.38. The zero-order valence-electron chi connectivity index (χ0n) is 21.6. The number of benzene rings is 1. The van der Waals surface area contributed by atoms with Gasteiger partial charge in [-0.3, -0.25) is 14.6 Å². The SMILES string of the molecule is C=CC(=O)N1C[C@@H](n2nc(C#Cc3cc4ncc(F)c(C5CC5)c4cc3Cl)c(C(N)=O)c2NC)C[C@@H]1COC. The van der Waals surface area contributed by atoms with Crippen molar-refractivity contribution in [3.05, 3.63) is 64.2 Å². The molecule has 5 rings (SSSR count). The summed E-state index contributed by atoms with van der Waals surface area (Å²) in [4.78, 5) is 30.9. The van der Waals surface area contributed by atoms with Crippen LogP contribution in [-0.4, -0.2) is 64.8 Å². The number of pyridine rings is 1. The molecule has 9 nitrogen and oxygen atoms in total. The number of anilines is 1. The Hall–Kier alpha value is -3.94. The number of nitrogens with one attached hydrogen (secondary N) is 1. The van der Waals surface area contributed by atoms with E-state index in [2.05, 4.69) is 33.8 Å². The molecule has 1 aliphatic carbocycles. The smallest absolute Gasteiger partial charge is 0.255 e. The van der Waals surface area contributed by atoms with E-state index in [1.165, 1.54) is 12.3 Å². The summed E-state index contributed by atoms with van der Waals surface area (Å²) in [5.74, 6) is 5.28. The zero-order chi connectivity index (χ0) is 27.8. The Morgan fingerprint density at radius 2 is 2.13 bits per heavy atom. The topological polar surface area (TPSA) is 115 Å². The van der Waals surface area contributed by atoms with Crippen LogP contribution in [0.2, 0.25) is 5.02 Å². The van der Waals surface area contributed by atoms with E-state index in [1.54, 1.807) is 35.9 Å². The maximum Gasteiger partial charge on any atom is 0.255 e. The van der Waals surface area contributed by atoms with Crippen LogP contribution in [0.5, 0.6) is 0 Å². The lowest BCUT2D eigenvalue weighted by Crippen LogP contribution is -2.37. The number of fused-ring (bicyclic) bond motifs is 1. The summed E-state index contributed by atoms with van der Waals surface area (Å²) < 4.78 is 21.4. The number of primary amides is 1. The average Bonchev–Trinajstić information content (AvgIpc) is 3.54. The largest absolute Gasteiger partial charge is 0.383 e. The minimum absolute atomic E-state index is 0.134. The zero-order valence-corrected chi connectivity index (χ0v) is 22.4. The van der Waals surface area contributed by atoms with E-state index in [0.717, 1.165) is 12.8 Å². The number of carbonyl (C=O) groups is 2. The summed E-state index contributed by atoms with van der Waals surface area (Å²) in [7, 11) is 3.24. The molecule has 1 aromatic carbocycles. The predicted molar refractivity (Wildman–Crippen MR) is 146 cm³/mol. The molecular formula is C28H28ClFN6O3. The fraction of sp³-hybridized carbons (Fsp3) is 0.357. The Morgan fingerprint density at radius 3 is 2.77 bits per heavy atom. The van der Waals surface area contributed by atoms with Gasteiger partial charge in [-0.2, -0.15) is 5.10 Å². The van der Waals surface area contributed by atoms with Gasteiger partial charge in [-0.15, -0.1) is 0 Å². The number of likely N-dealkylation sites (tertiary alicyclic amines) is 1. The summed E-state index contributed by atoms with van der Waals surface area (Å²) in [6.45, 7) is 4.29. The molecule has 2 atom stereocenters. The van der Waals surface area contributed by atoms with Gasteiger partial charge < -0.3 is 20.7 Å². The van der Waals surface area contributed by atoms with E-state index in [-0.39, 0.29) is 41.0 Å². The highest BCUT2D eigenvalue weighted by Crippen LogP contribution is 2.44. The Kier molecular flexibility index (Phi) is 7.30. The minimum Gasteiger partial charge on any atom is -0.383 e. The number of aromatic nitrogens is 3. The van der Waals surface area contributed by atoms with E-state index >= 15 is 0 Å². The number of hydrogen-bond acceptors (Lipinski definition) is 6. The van der Waals surface area contributed by atoms with Crippen LogP contribution in [0.15, 0.2) is 31.0 Å². The molecular weight excluding hydrogens is 523 g/mol. The Morgan fingerprint density at radius 1 is 1.36 bits per heavy atom. The molecule has 3 N–H and O–H groups in total. The van der Waals surface area contributed by atoms with Crippen LogP contribution in [0, 0.1) is 17.7 Å². The first kappa shape index (κ1) is 26.7. The molecule has 1 saturated carbocycles. The lowest BCUT2D eigenvalue weighted by atomic mass is 10.0. The number of amides is 2. The molecule has 2 amide bonds. The maximum atomic E-state index is 14.5. The van der Waals surface area contributed by atoms with Gasteiger partial charge in [0.15, 0.2) is 5.69 Å². The van der Waals surface area contributed by atoms with Crippen molar-refractivity contribution in [3.8, 4) is 11.8 Å². The molecule has 1 saturated heterocycles. The van der Waals surface area contributed by atoms with Crippen molar-refractivity contribution in [1.82, 2.24) is 19.7 Å². The van der Waals surface area contributed by atoms with Crippen molar-refractivity contribution < 1.29 is 18.7 Å². The van der Waals surface area contributed by atoms with Crippen molar-refractivity contribution in [2.45, 2.75) is 37.3 Å². The highest BCUT2D eigenvalue weighted by atomic mass is 35.5. The second kappa shape index (κ2) is 10.7. The first-order valence-corrected chi connectivity index (χ1v) is 13.0. The first-order valence-electron chi connectivity index (χ1n) is 12.6. The van der Waals surface area contributed by atoms with E-state index in [0.29, 0.717) is 52.4 Å². The highest BCUT2D eigenvalue weighted by molar-refractivity contribution is 6.32. The number of nitrogens with zero attached hydrogens (tertiary/aromatic N) is 4. The summed E-state index contributed by atoms with van der Waals surface area (Å²) >= 11 is 6.55. The van der Waals surface area contributed by atoms with Gasteiger partial charge in [0.2, 0.25) is 5.91 Å². The molecule has 1 aliphatic heterocycles. The lowest BCUT2D eigenvalue weighted by Gasteiger charge is -2.22. The number of nitrogens with two attached hydrogens (primary N) is 1. The molecule has 202 valence electrons. The third-order valence-corrected chi connectivity index (χ3v) is 7.51. The molecule has 0 unspecified atom stereocenters. The van der Waals surface area contributed by atoms with Gasteiger partial charge in [0.05, 0.1) is 35.4 Å². The van der Waals surface area contributed by atoms with Gasteiger partial charge in [0.25, 0.3) is 5.91 Å². The van der Waals surface area contributed by atoms with Crippen molar-refractivity contribution in [2.24, 2.45) is 5.73 Å². The van der Waals surface area contributed by atoms with Crippen LogP contribution in [-0.2, 0) is 9.53 Å². The summed E-state index contributed by atoms with van der Waals surface area (Å²) in [5.41, 5.74) is 7.74. The molecule has 2 aliphatic rings. The molecule has 3 heterocycles. The number of methoxy groups -OCH3 is 1. The van der Waals surface area contributed by atoms with Crippen LogP contribution in [0.1, 0.15) is 58.4 Å². The standard InChI is InChI=1S/C28H28ClFN6O3/c1-4-24(37)35-13-17(10-18(35)14-39-3)36-28(32-2)26(27(31)38)22(34-36)8-7-16-9-23-19(11-20(16)29)25(15-5-6-15)21(30)12-33-23/h4,9,11-12,15,17-18,32H,1,5-6,10,13-14H2,2-3H3,(H2,31,38)/t17-,18+/m0/s1. The fourth-order valence-corrected chi connectivity index (χ4v) is 5.49. The summed E-state index contributed by atoms with van der Waals surface area (Å²) in [6, 6.07) is 2.97. The van der Waals surface area contributed by atoms with E-state index < -0.39 is 5.91 Å². The van der Waals surface area contributed by atoms with Gasteiger partial charge in [0, 0.05) is 37.2 Å². The molecule has 2 aromatic heterocycles. The van der Waals surface area contributed by atoms with Crippen molar-refractivity contribution in [1.29, 1.82) is 0 Å². The van der Waals surface area contributed by atoms with E-state index in [9.17, 15) is 14.0 Å². The van der Waals surface area contributed by atoms with Gasteiger partial charge in [0.1, 0.15) is 17.2 Å². The number of ether oxygens (including phenoxy) is 1. The fourth-order valence-electron chi connectivity index (χ4n) is 5.28. The van der Waals surface area contributed by atoms with Crippen LogP contribution in [0.25, 0.3) is 10.9 Å². The molecule has 2 fully saturated rings. The minimum atomic E-state index is -0.698. The molecule has 0 bridgehead atoms. The Balaban J connectivity index is 1.54. The first-order chi connectivity index (χ1) is 18.8. The predicted octanol–water partition coefficient (Wildman–Crippen LogP) is 3.62. The quantitative estimate of drug-likeness (QED) is 0.343. The van der Waals surface area contributed by atoms with Crippen LogP contribution in [0.4, 0.5) is 10.2 Å². The van der Waals surface area contributed by atoms with E-state index in [1.807, 2.05) is 0 Å². The monoisotopic (exact) mass is 550 g/mol. The molecule has 39 heavy (non-hydrogen) atoms. The van der Waals surface area contributed by atoms with Crippen molar-refractivity contribution in [2.75, 3.05) is 32.6 Å². The number of rotatable bonds is 7. The average molecular weight is 551 g/mol. The van der Waals surface area contributed by atoms with Gasteiger partial charge in [-0.1, -0.05) is 24.1 Å². The third-order valence-electron chi connectivity index (χ3n) is 7.20. The molecule has 3 aromatic rings.